The molecule has 106 valence electrons. The molecule has 1 aliphatic carbocycles. The maximum absolute atomic E-state index is 12.7. The van der Waals surface area contributed by atoms with Gasteiger partial charge in [-0.05, 0) is 43.5 Å². The van der Waals surface area contributed by atoms with Crippen molar-refractivity contribution in [1.29, 1.82) is 0 Å². The van der Waals surface area contributed by atoms with Crippen LogP contribution < -0.4 is 10.6 Å². The Morgan fingerprint density at radius 2 is 2.00 bits per heavy atom. The molecule has 1 aromatic carbocycles. The Morgan fingerprint density at radius 1 is 1.32 bits per heavy atom. The van der Waals surface area contributed by atoms with Gasteiger partial charge in [0.2, 0.25) is 0 Å². The van der Waals surface area contributed by atoms with E-state index in [0.717, 1.165) is 22.9 Å². The van der Waals surface area contributed by atoms with Crippen LogP contribution in [0.5, 0.6) is 0 Å². The number of benzene rings is 1. The monoisotopic (exact) mass is 336 g/mol. The van der Waals surface area contributed by atoms with Gasteiger partial charge in [-0.15, -0.1) is 0 Å². The molecule has 1 aromatic rings. The van der Waals surface area contributed by atoms with Crippen LogP contribution in [0, 0.1) is 0 Å². The van der Waals surface area contributed by atoms with Gasteiger partial charge in [0, 0.05) is 16.2 Å². The molecule has 0 amide bonds. The van der Waals surface area contributed by atoms with E-state index in [1.165, 1.54) is 4.90 Å². The van der Waals surface area contributed by atoms with E-state index < -0.39 is 12.7 Å². The molecule has 0 unspecified atom stereocenters. The van der Waals surface area contributed by atoms with Gasteiger partial charge >= 0.3 is 6.18 Å². The van der Waals surface area contributed by atoms with Crippen molar-refractivity contribution in [3.63, 3.8) is 0 Å². The quantitative estimate of drug-likeness (QED) is 0.891. The van der Waals surface area contributed by atoms with Gasteiger partial charge in [0.1, 0.15) is 6.54 Å². The number of halogens is 4. The molecule has 19 heavy (non-hydrogen) atoms. The first kappa shape index (κ1) is 14.7. The van der Waals surface area contributed by atoms with E-state index >= 15 is 0 Å². The lowest BCUT2D eigenvalue weighted by atomic mass is 10.1. The smallest absolute Gasteiger partial charge is 0.359 e. The molecule has 2 N–H and O–H groups in total. The minimum Gasteiger partial charge on any atom is -0.359 e. The molecule has 0 saturated heterocycles. The largest absolute Gasteiger partial charge is 0.405 e. The third-order valence-corrected chi connectivity index (χ3v) is 3.60. The summed E-state index contributed by atoms with van der Waals surface area (Å²) in [4.78, 5) is 1.47. The van der Waals surface area contributed by atoms with Crippen LogP contribution in [0.1, 0.15) is 18.4 Å². The first-order valence-corrected chi connectivity index (χ1v) is 7.02. The summed E-state index contributed by atoms with van der Waals surface area (Å²) >= 11 is 3.33. The van der Waals surface area contributed by atoms with Crippen LogP contribution in [0.3, 0.4) is 0 Å². The van der Waals surface area contributed by atoms with Gasteiger partial charge in [-0.2, -0.15) is 13.2 Å². The zero-order valence-corrected chi connectivity index (χ0v) is 12.0. The summed E-state index contributed by atoms with van der Waals surface area (Å²) in [6.07, 6.45) is -1.95. The molecule has 1 aliphatic rings. The average Bonchev–Trinajstić information content (AvgIpc) is 3.11. The van der Waals surface area contributed by atoms with Crippen LogP contribution in [-0.2, 0) is 6.42 Å². The minimum atomic E-state index is -4.19. The summed E-state index contributed by atoms with van der Waals surface area (Å²) in [5, 5.41) is 0. The number of rotatable bonds is 5. The molecule has 6 heteroatoms. The molecular formula is C13H16BrF3N2. The van der Waals surface area contributed by atoms with Crippen LogP contribution >= 0.6 is 15.9 Å². The first-order valence-electron chi connectivity index (χ1n) is 6.22. The van der Waals surface area contributed by atoms with Gasteiger partial charge in [-0.25, -0.2) is 0 Å². The molecule has 0 radical (unpaired) electrons. The van der Waals surface area contributed by atoms with Gasteiger partial charge in [-0.3, -0.25) is 0 Å². The summed E-state index contributed by atoms with van der Waals surface area (Å²) in [6.45, 7) is -0.467. The Hall–Kier alpha value is -0.750. The second kappa shape index (κ2) is 5.71. The first-order chi connectivity index (χ1) is 8.90. The molecule has 0 heterocycles. The van der Waals surface area contributed by atoms with Crippen molar-refractivity contribution in [1.82, 2.24) is 0 Å². The lowest BCUT2D eigenvalue weighted by Crippen LogP contribution is -2.36. The Kier molecular flexibility index (Phi) is 4.40. The van der Waals surface area contributed by atoms with Gasteiger partial charge in [-0.1, -0.05) is 22.0 Å². The van der Waals surface area contributed by atoms with E-state index in [2.05, 4.69) is 15.9 Å². The van der Waals surface area contributed by atoms with E-state index in [1.54, 1.807) is 6.07 Å². The van der Waals surface area contributed by atoms with Gasteiger partial charge < -0.3 is 10.6 Å². The number of alkyl halides is 3. The van der Waals surface area contributed by atoms with Crippen molar-refractivity contribution in [3.05, 3.63) is 28.2 Å². The highest BCUT2D eigenvalue weighted by atomic mass is 79.9. The molecule has 0 spiro atoms. The standard InChI is InChI=1S/C13H16BrF3N2/c14-10-2-1-9(5-6-18)12(7-10)19(11-3-4-11)8-13(15,16)17/h1-2,7,11H,3-6,8,18H2. The zero-order chi connectivity index (χ0) is 14.0. The normalized spacial score (nSPS) is 15.6. The summed E-state index contributed by atoms with van der Waals surface area (Å²) in [6, 6.07) is 5.45. The summed E-state index contributed by atoms with van der Waals surface area (Å²) < 4.78 is 38.9. The van der Waals surface area contributed by atoms with Crippen LogP contribution in [-0.4, -0.2) is 25.3 Å². The highest BCUT2D eigenvalue weighted by molar-refractivity contribution is 9.10. The zero-order valence-electron chi connectivity index (χ0n) is 10.4. The molecule has 1 fully saturated rings. The maximum Gasteiger partial charge on any atom is 0.405 e. The highest BCUT2D eigenvalue weighted by Crippen LogP contribution is 2.37. The van der Waals surface area contributed by atoms with Gasteiger partial charge in [0.15, 0.2) is 0 Å². The highest BCUT2D eigenvalue weighted by Gasteiger charge is 2.38. The van der Waals surface area contributed by atoms with E-state index in [4.69, 9.17) is 5.73 Å². The van der Waals surface area contributed by atoms with Crippen molar-refractivity contribution in [2.45, 2.75) is 31.5 Å². The number of nitrogens with zero attached hydrogens (tertiary/aromatic N) is 1. The summed E-state index contributed by atoms with van der Waals surface area (Å²) in [5.41, 5.74) is 7.06. The van der Waals surface area contributed by atoms with E-state index in [9.17, 15) is 13.2 Å². The number of anilines is 1. The fourth-order valence-electron chi connectivity index (χ4n) is 2.16. The summed E-state index contributed by atoms with van der Waals surface area (Å²) in [7, 11) is 0. The van der Waals surface area contributed by atoms with Crippen LogP contribution in [0.15, 0.2) is 22.7 Å². The summed E-state index contributed by atoms with van der Waals surface area (Å²) in [5.74, 6) is 0. The van der Waals surface area contributed by atoms with Crippen molar-refractivity contribution >= 4 is 21.6 Å². The van der Waals surface area contributed by atoms with E-state index in [-0.39, 0.29) is 6.04 Å². The fraction of sp³-hybridized carbons (Fsp3) is 0.538. The molecule has 2 rings (SSSR count). The third kappa shape index (κ3) is 4.11. The van der Waals surface area contributed by atoms with Crippen molar-refractivity contribution in [3.8, 4) is 0 Å². The Morgan fingerprint density at radius 3 is 2.53 bits per heavy atom. The number of nitrogens with two attached hydrogens (primary N) is 1. The van der Waals surface area contributed by atoms with Crippen molar-refractivity contribution < 1.29 is 13.2 Å². The van der Waals surface area contributed by atoms with E-state index in [0.29, 0.717) is 18.7 Å². The molecule has 0 atom stereocenters. The lowest BCUT2D eigenvalue weighted by molar-refractivity contribution is -0.120. The third-order valence-electron chi connectivity index (χ3n) is 3.11. The van der Waals surface area contributed by atoms with Gasteiger partial charge in [0.25, 0.3) is 0 Å². The van der Waals surface area contributed by atoms with Crippen molar-refractivity contribution in [2.75, 3.05) is 18.0 Å². The number of hydrogen-bond donors (Lipinski definition) is 1. The second-order valence-electron chi connectivity index (χ2n) is 4.79. The van der Waals surface area contributed by atoms with Crippen LogP contribution in [0.2, 0.25) is 0 Å². The topological polar surface area (TPSA) is 29.3 Å². The predicted molar refractivity (Wildman–Crippen MR) is 73.3 cm³/mol. The second-order valence-corrected chi connectivity index (χ2v) is 5.70. The average molecular weight is 337 g/mol. The minimum absolute atomic E-state index is 0.00690. The van der Waals surface area contributed by atoms with Crippen LogP contribution in [0.25, 0.3) is 0 Å². The molecule has 0 bridgehead atoms. The Labute approximate surface area is 118 Å². The number of hydrogen-bond acceptors (Lipinski definition) is 2. The molecule has 2 nitrogen and oxygen atoms in total. The molecule has 0 aromatic heterocycles. The molecular weight excluding hydrogens is 321 g/mol. The fourth-order valence-corrected chi connectivity index (χ4v) is 2.51. The molecule has 0 aliphatic heterocycles. The van der Waals surface area contributed by atoms with Gasteiger partial charge in [0.05, 0.1) is 0 Å². The van der Waals surface area contributed by atoms with Crippen LogP contribution in [0.4, 0.5) is 18.9 Å². The Bertz CT molecular complexity index is 444. The van der Waals surface area contributed by atoms with E-state index in [1.807, 2.05) is 12.1 Å². The molecule has 1 saturated carbocycles. The SMILES string of the molecule is NCCc1ccc(Br)cc1N(CC(F)(F)F)C1CC1. The Balaban J connectivity index is 2.32. The lowest BCUT2D eigenvalue weighted by Gasteiger charge is -2.28. The van der Waals surface area contributed by atoms with Crippen molar-refractivity contribution in [2.24, 2.45) is 5.73 Å². The maximum atomic E-state index is 12.7. The predicted octanol–water partition coefficient (Wildman–Crippen LogP) is 3.48.